The Balaban J connectivity index is 2.75. The molecule has 1 aliphatic heterocycles. The molecule has 1 fully saturated rings. The third kappa shape index (κ3) is 33.9. The molecule has 0 aromatic carbocycles. The van der Waals surface area contributed by atoms with Crippen LogP contribution in [-0.4, -0.2) is 194 Å². The second kappa shape index (κ2) is 42.8. The minimum atomic E-state index is -0.664. The Morgan fingerprint density at radius 3 is 1.51 bits per heavy atom. The Labute approximate surface area is 373 Å². The van der Waals surface area contributed by atoms with E-state index in [-0.39, 0.29) is 112 Å². The second-order valence-corrected chi connectivity index (χ2v) is 14.2. The molecule has 0 radical (unpaired) electrons. The van der Waals surface area contributed by atoms with Crippen molar-refractivity contribution < 1.29 is 76.0 Å². The summed E-state index contributed by atoms with van der Waals surface area (Å²) in [5.41, 5.74) is 16.2. The average molecular weight is 913 g/mol. The lowest BCUT2D eigenvalue weighted by molar-refractivity contribution is -0.150. The molecule has 0 saturated carbocycles. The molecule has 3 amide bonds. The predicted molar refractivity (Wildman–Crippen MR) is 230 cm³/mol. The first kappa shape index (κ1) is 57.9. The Morgan fingerprint density at radius 1 is 0.540 bits per heavy atom. The summed E-state index contributed by atoms with van der Waals surface area (Å²) in [6.07, 6.45) is 6.59. The largest absolute Gasteiger partial charge is 0.463 e. The van der Waals surface area contributed by atoms with Crippen molar-refractivity contribution in [3.05, 3.63) is 0 Å². The van der Waals surface area contributed by atoms with Crippen molar-refractivity contribution in [3.63, 3.8) is 0 Å². The zero-order chi connectivity index (χ0) is 45.9. The van der Waals surface area contributed by atoms with Crippen LogP contribution in [0.1, 0.15) is 71.1 Å². The number of alkyl carbamates (subject to hydrolysis) is 3. The predicted octanol–water partition coefficient (Wildman–Crippen LogP) is 1.13. The SMILES string of the molecule is CCCCCCCCCCCC(=O)OCCOCC(OCCOCCOC(=O)NCCN)[C@H]1OC[C@@H](OCCOCCOC(=O)NCCN)[C@@H]1OCCOCCOC(=O)NCCN. The molecule has 1 heterocycles. The van der Waals surface area contributed by atoms with E-state index in [0.717, 1.165) is 19.3 Å². The van der Waals surface area contributed by atoms with Crippen molar-refractivity contribution in [2.45, 2.75) is 95.5 Å². The van der Waals surface area contributed by atoms with Gasteiger partial charge in [0.2, 0.25) is 0 Å². The zero-order valence-electron chi connectivity index (χ0n) is 37.7. The first-order valence-corrected chi connectivity index (χ1v) is 22.6. The molecule has 0 aliphatic carbocycles. The summed E-state index contributed by atoms with van der Waals surface area (Å²) in [6, 6.07) is 0. The lowest BCUT2D eigenvalue weighted by Crippen LogP contribution is -2.46. The van der Waals surface area contributed by atoms with Gasteiger partial charge in [0.15, 0.2) is 0 Å². The first-order chi connectivity index (χ1) is 30.9. The van der Waals surface area contributed by atoms with E-state index in [1.165, 1.54) is 38.5 Å². The van der Waals surface area contributed by atoms with Crippen LogP contribution in [0.2, 0.25) is 0 Å². The highest BCUT2D eigenvalue weighted by Crippen LogP contribution is 2.25. The van der Waals surface area contributed by atoms with Gasteiger partial charge < -0.3 is 90.0 Å². The second-order valence-electron chi connectivity index (χ2n) is 14.2. The van der Waals surface area contributed by atoms with E-state index in [0.29, 0.717) is 45.7 Å². The van der Waals surface area contributed by atoms with Crippen LogP contribution in [-0.2, 0) is 61.6 Å². The molecule has 1 aliphatic rings. The Hall–Kier alpha value is -3.16. The van der Waals surface area contributed by atoms with Crippen LogP contribution in [0.4, 0.5) is 14.4 Å². The number of nitrogens with one attached hydrogen (secondary N) is 3. The van der Waals surface area contributed by atoms with Gasteiger partial charge in [0, 0.05) is 45.7 Å². The summed E-state index contributed by atoms with van der Waals surface area (Å²) in [6.45, 7) is 6.11. The fourth-order valence-corrected chi connectivity index (χ4v) is 5.90. The molecule has 0 aromatic rings. The van der Waals surface area contributed by atoms with Gasteiger partial charge in [-0.25, -0.2) is 14.4 Å². The maximum Gasteiger partial charge on any atom is 0.407 e. The highest BCUT2D eigenvalue weighted by molar-refractivity contribution is 5.69. The molecule has 22 heteroatoms. The molecular weight excluding hydrogens is 832 g/mol. The third-order valence-corrected chi connectivity index (χ3v) is 9.05. The van der Waals surface area contributed by atoms with Gasteiger partial charge in [0.25, 0.3) is 0 Å². The molecule has 63 heavy (non-hydrogen) atoms. The molecule has 0 spiro atoms. The van der Waals surface area contributed by atoms with E-state index in [1.54, 1.807) is 0 Å². The summed E-state index contributed by atoms with van der Waals surface area (Å²) in [5, 5.41) is 7.53. The van der Waals surface area contributed by atoms with Crippen molar-refractivity contribution in [1.29, 1.82) is 0 Å². The lowest BCUT2D eigenvalue weighted by atomic mass is 10.1. The van der Waals surface area contributed by atoms with E-state index >= 15 is 0 Å². The lowest BCUT2D eigenvalue weighted by Gasteiger charge is -2.29. The maximum absolute atomic E-state index is 12.4. The molecule has 370 valence electrons. The fraction of sp³-hybridized carbons (Fsp3) is 0.902. The molecule has 9 N–H and O–H groups in total. The minimum Gasteiger partial charge on any atom is -0.463 e. The summed E-state index contributed by atoms with van der Waals surface area (Å²) < 4.78 is 68.1. The van der Waals surface area contributed by atoms with Crippen molar-refractivity contribution in [3.8, 4) is 0 Å². The van der Waals surface area contributed by atoms with Crippen molar-refractivity contribution >= 4 is 24.2 Å². The zero-order valence-corrected chi connectivity index (χ0v) is 37.7. The Morgan fingerprint density at radius 2 is 0.984 bits per heavy atom. The van der Waals surface area contributed by atoms with E-state index in [1.807, 2.05) is 0 Å². The summed E-state index contributed by atoms with van der Waals surface area (Å²) in [7, 11) is 0. The minimum absolute atomic E-state index is 0.0397. The Kier molecular flexibility index (Phi) is 39.3. The number of hydrogen-bond donors (Lipinski definition) is 6. The molecule has 1 rings (SSSR count). The number of amides is 3. The van der Waals surface area contributed by atoms with Gasteiger partial charge in [-0.3, -0.25) is 4.79 Å². The molecule has 1 saturated heterocycles. The topological polar surface area (TPSA) is 293 Å². The van der Waals surface area contributed by atoms with E-state index in [9.17, 15) is 19.2 Å². The molecule has 22 nitrogen and oxygen atoms in total. The third-order valence-electron chi connectivity index (χ3n) is 9.05. The number of carbonyl (C=O) groups excluding carboxylic acids is 4. The number of carbonyl (C=O) groups is 4. The normalized spacial score (nSPS) is 16.3. The highest BCUT2D eigenvalue weighted by Gasteiger charge is 2.44. The van der Waals surface area contributed by atoms with Gasteiger partial charge in [-0.05, 0) is 6.42 Å². The van der Waals surface area contributed by atoms with E-state index < -0.39 is 42.7 Å². The standard InChI is InChI=1S/C41H80N6O16/c1-2-3-4-5-6-7-8-9-10-11-36(48)58-27-24-55-32-34(56-25-18-52-21-29-60-39(49)45-15-12-42)38-37(59-28-20-54-23-31-62-41(51)47-17-14-44)35(33-63-38)57-26-19-53-22-30-61-40(50)46-16-13-43/h34-35,37-38H,2-33,42-44H2,1H3,(H,45,49)(H,46,50)(H,47,51)/t34?,35-,37+,38-/m1/s1. The van der Waals surface area contributed by atoms with Crippen LogP contribution in [0.15, 0.2) is 0 Å². The van der Waals surface area contributed by atoms with E-state index in [4.69, 9.17) is 74.0 Å². The van der Waals surface area contributed by atoms with Crippen molar-refractivity contribution in [2.75, 3.05) is 145 Å². The molecule has 0 aromatic heterocycles. The van der Waals surface area contributed by atoms with Gasteiger partial charge in [-0.15, -0.1) is 0 Å². The van der Waals surface area contributed by atoms with Crippen LogP contribution >= 0.6 is 0 Å². The quantitative estimate of drug-likeness (QED) is 0.0284. The van der Waals surface area contributed by atoms with E-state index in [2.05, 4.69) is 22.9 Å². The number of esters is 1. The fourth-order valence-electron chi connectivity index (χ4n) is 5.90. The maximum atomic E-state index is 12.4. The summed E-state index contributed by atoms with van der Waals surface area (Å²) >= 11 is 0. The number of unbranched alkanes of at least 4 members (excludes halogenated alkanes) is 8. The summed E-state index contributed by atoms with van der Waals surface area (Å²) in [4.78, 5) is 47.3. The van der Waals surface area contributed by atoms with Crippen LogP contribution < -0.4 is 33.2 Å². The van der Waals surface area contributed by atoms with Gasteiger partial charge in [0.05, 0.1) is 79.3 Å². The number of rotatable bonds is 43. The highest BCUT2D eigenvalue weighted by atomic mass is 16.6. The molecule has 0 bridgehead atoms. The molecule has 4 atom stereocenters. The Bertz CT molecular complexity index is 1120. The van der Waals surface area contributed by atoms with Crippen LogP contribution in [0.3, 0.4) is 0 Å². The number of nitrogens with two attached hydrogens (primary N) is 3. The van der Waals surface area contributed by atoms with Crippen molar-refractivity contribution in [2.24, 2.45) is 17.2 Å². The first-order valence-electron chi connectivity index (χ1n) is 22.6. The van der Waals surface area contributed by atoms with Gasteiger partial charge in [-0.2, -0.15) is 0 Å². The smallest absolute Gasteiger partial charge is 0.407 e. The monoisotopic (exact) mass is 913 g/mol. The molecule has 1 unspecified atom stereocenters. The number of ether oxygens (including phenoxy) is 12. The van der Waals surface area contributed by atoms with Gasteiger partial charge in [-0.1, -0.05) is 58.3 Å². The molecular formula is C41H80N6O16. The van der Waals surface area contributed by atoms with Gasteiger partial charge >= 0.3 is 24.2 Å². The van der Waals surface area contributed by atoms with Crippen LogP contribution in [0.5, 0.6) is 0 Å². The van der Waals surface area contributed by atoms with Crippen LogP contribution in [0.25, 0.3) is 0 Å². The number of hydrogen-bond acceptors (Lipinski definition) is 19. The van der Waals surface area contributed by atoms with Crippen molar-refractivity contribution in [1.82, 2.24) is 16.0 Å². The van der Waals surface area contributed by atoms with Gasteiger partial charge in [0.1, 0.15) is 50.8 Å². The summed E-state index contributed by atoms with van der Waals surface area (Å²) in [5.74, 6) is -0.256. The van der Waals surface area contributed by atoms with Crippen LogP contribution in [0, 0.1) is 0 Å². The average Bonchev–Trinajstić information content (AvgIpc) is 3.68.